The number of anilines is 1. The molecular weight excluding hydrogens is 288 g/mol. The van der Waals surface area contributed by atoms with Crippen LogP contribution in [0.25, 0.3) is 11.0 Å². The van der Waals surface area contributed by atoms with Gasteiger partial charge in [0.15, 0.2) is 0 Å². The molecule has 2 heterocycles. The van der Waals surface area contributed by atoms with Crippen LogP contribution in [0.2, 0.25) is 0 Å². The minimum absolute atomic E-state index is 0.131. The minimum atomic E-state index is -0.131. The van der Waals surface area contributed by atoms with Crippen molar-refractivity contribution < 1.29 is 4.79 Å². The van der Waals surface area contributed by atoms with Gasteiger partial charge in [0, 0.05) is 18.4 Å². The summed E-state index contributed by atoms with van der Waals surface area (Å²) in [5, 5.41) is 6.02. The van der Waals surface area contributed by atoms with Gasteiger partial charge in [-0.2, -0.15) is 0 Å². The number of aromatic amines is 1. The van der Waals surface area contributed by atoms with E-state index in [4.69, 9.17) is 0 Å². The molecule has 3 rings (SSSR count). The lowest BCUT2D eigenvalue weighted by atomic mass is 9.83. The number of hydrogen-bond acceptors (Lipinski definition) is 2. The fraction of sp³-hybridized carbons (Fsp3) is 0.556. The lowest BCUT2D eigenvalue weighted by Crippen LogP contribution is -2.40. The predicted molar refractivity (Wildman–Crippen MR) is 93.5 cm³/mol. The number of hydrogen-bond donors (Lipinski definition) is 3. The average Bonchev–Trinajstić information content (AvgIpc) is 2.97. The Labute approximate surface area is 137 Å². The second kappa shape index (κ2) is 7.49. The van der Waals surface area contributed by atoms with Gasteiger partial charge < -0.3 is 15.6 Å². The van der Waals surface area contributed by atoms with Crippen molar-refractivity contribution in [1.82, 2.24) is 15.3 Å². The van der Waals surface area contributed by atoms with Gasteiger partial charge in [0.05, 0.1) is 11.2 Å². The van der Waals surface area contributed by atoms with Gasteiger partial charge in [-0.25, -0.2) is 4.79 Å². The topological polar surface area (TPSA) is 69.8 Å². The molecule has 5 nitrogen and oxygen atoms in total. The van der Waals surface area contributed by atoms with E-state index in [-0.39, 0.29) is 6.03 Å². The number of amides is 2. The highest BCUT2D eigenvalue weighted by Crippen LogP contribution is 2.28. The molecule has 0 unspecified atom stereocenters. The highest BCUT2D eigenvalue weighted by Gasteiger charge is 2.22. The number of fused-ring (bicyclic) bond motifs is 1. The Kier molecular flexibility index (Phi) is 5.16. The second-order valence-electron chi connectivity index (χ2n) is 6.56. The number of rotatable bonds is 5. The number of carbonyl (C=O) groups is 1. The number of carbonyl (C=O) groups excluding carboxylic acids is 1. The van der Waals surface area contributed by atoms with Crippen LogP contribution in [-0.4, -0.2) is 22.0 Å². The molecule has 0 saturated heterocycles. The largest absolute Gasteiger partial charge is 0.358 e. The van der Waals surface area contributed by atoms with Crippen molar-refractivity contribution in [3.05, 3.63) is 24.5 Å². The maximum atomic E-state index is 12.2. The first-order valence-corrected chi connectivity index (χ1v) is 8.76. The highest BCUT2D eigenvalue weighted by atomic mass is 16.2. The van der Waals surface area contributed by atoms with Crippen LogP contribution in [0.4, 0.5) is 10.5 Å². The Hall–Kier alpha value is -2.04. The second-order valence-corrected chi connectivity index (χ2v) is 6.56. The lowest BCUT2D eigenvalue weighted by molar-refractivity contribution is 0.235. The van der Waals surface area contributed by atoms with Crippen LogP contribution in [0.5, 0.6) is 0 Å². The highest BCUT2D eigenvalue weighted by molar-refractivity contribution is 5.99. The van der Waals surface area contributed by atoms with E-state index < -0.39 is 0 Å². The summed E-state index contributed by atoms with van der Waals surface area (Å²) in [5.41, 5.74) is 2.46. The first-order valence-electron chi connectivity index (χ1n) is 8.76. The van der Waals surface area contributed by atoms with Gasteiger partial charge in [-0.3, -0.25) is 4.98 Å². The number of unbranched alkanes of at least 4 members (excludes halogenated alkanes) is 1. The zero-order valence-corrected chi connectivity index (χ0v) is 13.8. The van der Waals surface area contributed by atoms with Crippen LogP contribution in [0, 0.1) is 5.92 Å². The summed E-state index contributed by atoms with van der Waals surface area (Å²) in [5.74, 6) is 0.855. The smallest absolute Gasteiger partial charge is 0.319 e. The van der Waals surface area contributed by atoms with Crippen LogP contribution in [0.1, 0.15) is 51.9 Å². The summed E-state index contributed by atoms with van der Waals surface area (Å²) >= 11 is 0. The number of pyridine rings is 1. The molecule has 23 heavy (non-hydrogen) atoms. The van der Waals surface area contributed by atoms with E-state index in [2.05, 4.69) is 27.5 Å². The molecule has 0 aliphatic heterocycles. The standard InChI is InChI=1S/C18H26N4O/c1-2-3-5-13-7-9-14(10-8-13)21-18(23)22-16-12-20-15-6-4-11-19-17(15)16/h4,6,11-14,20H,2-3,5,7-10H2,1H3,(H2,21,22,23). The van der Waals surface area contributed by atoms with Crippen molar-refractivity contribution in [1.29, 1.82) is 0 Å². The molecule has 3 N–H and O–H groups in total. The first kappa shape index (κ1) is 15.8. The molecule has 124 valence electrons. The Morgan fingerprint density at radius 3 is 2.96 bits per heavy atom. The maximum absolute atomic E-state index is 12.2. The molecule has 2 amide bonds. The quantitative estimate of drug-likeness (QED) is 0.764. The van der Waals surface area contributed by atoms with Crippen LogP contribution >= 0.6 is 0 Å². The van der Waals surface area contributed by atoms with Gasteiger partial charge in [0.2, 0.25) is 0 Å². The van der Waals surface area contributed by atoms with Crippen molar-refractivity contribution >= 4 is 22.8 Å². The van der Waals surface area contributed by atoms with E-state index in [0.29, 0.717) is 6.04 Å². The summed E-state index contributed by atoms with van der Waals surface area (Å²) in [6.07, 6.45) is 12.1. The minimum Gasteiger partial charge on any atom is -0.358 e. The molecule has 0 atom stereocenters. The van der Waals surface area contributed by atoms with Crippen molar-refractivity contribution in [3.8, 4) is 0 Å². The van der Waals surface area contributed by atoms with E-state index in [1.54, 1.807) is 12.4 Å². The number of nitrogens with one attached hydrogen (secondary N) is 3. The van der Waals surface area contributed by atoms with Crippen molar-refractivity contribution in [3.63, 3.8) is 0 Å². The number of H-pyrrole nitrogens is 1. The van der Waals surface area contributed by atoms with E-state index in [0.717, 1.165) is 35.5 Å². The van der Waals surface area contributed by atoms with E-state index >= 15 is 0 Å². The Balaban J connectivity index is 1.49. The molecule has 1 saturated carbocycles. The molecule has 2 aromatic heterocycles. The zero-order chi connectivity index (χ0) is 16.1. The molecule has 0 aromatic carbocycles. The van der Waals surface area contributed by atoms with Crippen LogP contribution < -0.4 is 10.6 Å². The Morgan fingerprint density at radius 1 is 1.35 bits per heavy atom. The molecule has 2 aromatic rings. The fourth-order valence-corrected chi connectivity index (χ4v) is 3.48. The molecular formula is C18H26N4O. The summed E-state index contributed by atoms with van der Waals surface area (Å²) in [6.45, 7) is 2.25. The summed E-state index contributed by atoms with van der Waals surface area (Å²) in [6, 6.07) is 3.99. The van der Waals surface area contributed by atoms with Gasteiger partial charge in [-0.05, 0) is 43.7 Å². The van der Waals surface area contributed by atoms with E-state index in [1.807, 2.05) is 12.1 Å². The average molecular weight is 314 g/mol. The molecule has 0 bridgehead atoms. The van der Waals surface area contributed by atoms with Gasteiger partial charge >= 0.3 is 6.03 Å². The van der Waals surface area contributed by atoms with Gasteiger partial charge in [0.25, 0.3) is 0 Å². The Bertz CT molecular complexity index is 643. The van der Waals surface area contributed by atoms with Crippen LogP contribution in [0.15, 0.2) is 24.5 Å². The van der Waals surface area contributed by atoms with Crippen LogP contribution in [-0.2, 0) is 0 Å². The summed E-state index contributed by atoms with van der Waals surface area (Å²) in [7, 11) is 0. The van der Waals surface area contributed by atoms with E-state index in [1.165, 1.54) is 32.1 Å². The van der Waals surface area contributed by atoms with Gasteiger partial charge in [0.1, 0.15) is 5.52 Å². The summed E-state index contributed by atoms with van der Waals surface area (Å²) < 4.78 is 0. The van der Waals surface area contributed by atoms with Gasteiger partial charge in [-0.15, -0.1) is 0 Å². The summed E-state index contributed by atoms with van der Waals surface area (Å²) in [4.78, 5) is 19.6. The third kappa shape index (κ3) is 4.03. The Morgan fingerprint density at radius 2 is 2.17 bits per heavy atom. The zero-order valence-electron chi connectivity index (χ0n) is 13.8. The normalized spacial score (nSPS) is 21.3. The predicted octanol–water partition coefficient (Wildman–Crippen LogP) is 4.43. The van der Waals surface area contributed by atoms with Crippen molar-refractivity contribution in [2.45, 2.75) is 57.9 Å². The lowest BCUT2D eigenvalue weighted by Gasteiger charge is -2.29. The molecule has 1 aliphatic carbocycles. The van der Waals surface area contributed by atoms with Crippen LogP contribution in [0.3, 0.4) is 0 Å². The SMILES string of the molecule is CCCCC1CCC(NC(=O)Nc2c[nH]c3cccnc23)CC1. The number of urea groups is 1. The number of nitrogens with zero attached hydrogens (tertiary/aromatic N) is 1. The van der Waals surface area contributed by atoms with Gasteiger partial charge in [-0.1, -0.05) is 26.2 Å². The molecule has 1 aliphatic rings. The maximum Gasteiger partial charge on any atom is 0.319 e. The first-order chi connectivity index (χ1) is 11.3. The molecule has 0 radical (unpaired) electrons. The third-order valence-corrected chi connectivity index (χ3v) is 4.83. The fourth-order valence-electron chi connectivity index (χ4n) is 3.48. The molecule has 5 heteroatoms. The number of aromatic nitrogens is 2. The van der Waals surface area contributed by atoms with Crippen molar-refractivity contribution in [2.24, 2.45) is 5.92 Å². The third-order valence-electron chi connectivity index (χ3n) is 4.83. The molecule has 1 fully saturated rings. The molecule has 0 spiro atoms. The van der Waals surface area contributed by atoms with Crippen molar-refractivity contribution in [2.75, 3.05) is 5.32 Å². The van der Waals surface area contributed by atoms with E-state index in [9.17, 15) is 4.79 Å². The monoisotopic (exact) mass is 314 g/mol.